The molecule has 2 aromatic carbocycles. The van der Waals surface area contributed by atoms with E-state index in [-0.39, 0.29) is 11.1 Å². The van der Waals surface area contributed by atoms with E-state index >= 15 is 0 Å². The lowest BCUT2D eigenvalue weighted by Crippen LogP contribution is -2.44. The van der Waals surface area contributed by atoms with Gasteiger partial charge in [0.05, 0.1) is 14.2 Å². The van der Waals surface area contributed by atoms with E-state index < -0.39 is 11.5 Å². The van der Waals surface area contributed by atoms with Crippen molar-refractivity contribution in [2.75, 3.05) is 14.2 Å². The summed E-state index contributed by atoms with van der Waals surface area (Å²) >= 11 is 0. The van der Waals surface area contributed by atoms with Crippen LogP contribution in [0.2, 0.25) is 0 Å². The smallest absolute Gasteiger partial charge is 0.281 e. The average Bonchev–Trinajstić information content (AvgIpc) is 2.53. The van der Waals surface area contributed by atoms with Gasteiger partial charge < -0.3 is 14.6 Å². The Balaban J connectivity index is 2.55. The highest BCUT2D eigenvalue weighted by Crippen LogP contribution is 2.43. The lowest BCUT2D eigenvalue weighted by molar-refractivity contribution is -0.151. The molecular formula is C17H18F2O3. The molecule has 3 nitrogen and oxygen atoms in total. The first-order valence-corrected chi connectivity index (χ1v) is 6.72. The monoisotopic (exact) mass is 308 g/mol. The fraction of sp³-hybridized carbons (Fsp3) is 0.294. The second-order valence-electron chi connectivity index (χ2n) is 5.06. The summed E-state index contributed by atoms with van der Waals surface area (Å²) in [5.41, 5.74) is -2.26. The number of hydrogen-bond acceptors (Lipinski definition) is 3. The van der Waals surface area contributed by atoms with Crippen molar-refractivity contribution in [1.29, 1.82) is 0 Å². The zero-order valence-corrected chi connectivity index (χ0v) is 12.6. The largest absolute Gasteiger partial charge is 0.497 e. The van der Waals surface area contributed by atoms with E-state index in [1.54, 1.807) is 0 Å². The summed E-state index contributed by atoms with van der Waals surface area (Å²) in [6.45, 7) is 0.696. The molecule has 118 valence electrons. The van der Waals surface area contributed by atoms with Crippen molar-refractivity contribution in [2.45, 2.75) is 18.4 Å². The maximum atomic E-state index is 14.2. The Morgan fingerprint density at radius 2 is 1.09 bits per heavy atom. The Morgan fingerprint density at radius 3 is 1.32 bits per heavy atom. The molecule has 22 heavy (non-hydrogen) atoms. The predicted molar refractivity (Wildman–Crippen MR) is 79.6 cm³/mol. The molecule has 1 N–H and O–H groups in total. The summed E-state index contributed by atoms with van der Waals surface area (Å²) in [5.74, 6) is -2.32. The van der Waals surface area contributed by atoms with Gasteiger partial charge in [0, 0.05) is 6.92 Å². The summed E-state index contributed by atoms with van der Waals surface area (Å²) in [6, 6.07) is 11.9. The fourth-order valence-corrected chi connectivity index (χ4v) is 2.34. The quantitative estimate of drug-likeness (QED) is 0.917. The van der Waals surface area contributed by atoms with Crippen LogP contribution >= 0.6 is 0 Å². The number of alkyl halides is 2. The first-order valence-electron chi connectivity index (χ1n) is 6.72. The molecule has 0 saturated heterocycles. The van der Waals surface area contributed by atoms with E-state index in [1.807, 2.05) is 0 Å². The Morgan fingerprint density at radius 1 is 0.773 bits per heavy atom. The van der Waals surface area contributed by atoms with Gasteiger partial charge in [-0.1, -0.05) is 24.3 Å². The third kappa shape index (κ3) is 2.76. The molecule has 0 bridgehead atoms. The van der Waals surface area contributed by atoms with E-state index in [1.165, 1.54) is 62.8 Å². The van der Waals surface area contributed by atoms with Crippen molar-refractivity contribution >= 4 is 0 Å². The van der Waals surface area contributed by atoms with Gasteiger partial charge in [-0.2, -0.15) is 0 Å². The Bertz CT molecular complexity index is 568. The van der Waals surface area contributed by atoms with Gasteiger partial charge >= 0.3 is 0 Å². The van der Waals surface area contributed by atoms with Crippen LogP contribution in [0.25, 0.3) is 0 Å². The summed E-state index contributed by atoms with van der Waals surface area (Å²) in [7, 11) is 2.97. The van der Waals surface area contributed by atoms with Crippen LogP contribution in [-0.4, -0.2) is 25.2 Å². The highest BCUT2D eigenvalue weighted by atomic mass is 19.3. The number of halogens is 2. The first kappa shape index (κ1) is 16.2. The van der Waals surface area contributed by atoms with Gasteiger partial charge in [-0.05, 0) is 35.4 Å². The third-order valence-corrected chi connectivity index (χ3v) is 3.65. The summed E-state index contributed by atoms with van der Waals surface area (Å²) in [6.07, 6.45) is 0. The third-order valence-electron chi connectivity index (χ3n) is 3.65. The minimum atomic E-state index is -3.38. The second kappa shape index (κ2) is 5.93. The zero-order chi connectivity index (χ0) is 16.4. The predicted octanol–water partition coefficient (Wildman–Crippen LogP) is 3.59. The standard InChI is InChI=1S/C17H18F2O3/c1-16(18,19)17(20,12-4-8-14(21-2)9-5-12)13-6-10-15(22-3)11-7-13/h4-11,20H,1-3H3. The van der Waals surface area contributed by atoms with Gasteiger partial charge in [-0.25, -0.2) is 8.78 Å². The molecule has 0 atom stereocenters. The highest BCUT2D eigenvalue weighted by molar-refractivity contribution is 5.42. The average molecular weight is 308 g/mol. The van der Waals surface area contributed by atoms with Crippen molar-refractivity contribution in [3.8, 4) is 11.5 Å². The molecule has 2 aromatic rings. The summed E-state index contributed by atoms with van der Waals surface area (Å²) in [4.78, 5) is 0. The number of ether oxygens (including phenoxy) is 2. The van der Waals surface area contributed by atoms with E-state index in [9.17, 15) is 13.9 Å². The van der Waals surface area contributed by atoms with Crippen molar-refractivity contribution in [2.24, 2.45) is 0 Å². The molecule has 0 spiro atoms. The molecule has 0 amide bonds. The Hall–Kier alpha value is -2.14. The van der Waals surface area contributed by atoms with Gasteiger partial charge in [-0.3, -0.25) is 0 Å². The van der Waals surface area contributed by atoms with Gasteiger partial charge in [0.2, 0.25) is 0 Å². The molecule has 0 aliphatic heterocycles. The van der Waals surface area contributed by atoms with Crippen molar-refractivity contribution < 1.29 is 23.4 Å². The van der Waals surface area contributed by atoms with Crippen LogP contribution in [-0.2, 0) is 5.60 Å². The van der Waals surface area contributed by atoms with Gasteiger partial charge in [0.25, 0.3) is 5.92 Å². The van der Waals surface area contributed by atoms with Crippen LogP contribution in [0.5, 0.6) is 11.5 Å². The molecular weight excluding hydrogens is 290 g/mol. The Labute approximate surface area is 128 Å². The van der Waals surface area contributed by atoms with E-state index in [4.69, 9.17) is 9.47 Å². The lowest BCUT2D eigenvalue weighted by atomic mass is 9.81. The van der Waals surface area contributed by atoms with Crippen molar-refractivity contribution in [3.05, 3.63) is 59.7 Å². The topological polar surface area (TPSA) is 38.7 Å². The van der Waals surface area contributed by atoms with Crippen LogP contribution in [0.1, 0.15) is 18.1 Å². The maximum Gasteiger partial charge on any atom is 0.281 e. The molecule has 0 heterocycles. The zero-order valence-electron chi connectivity index (χ0n) is 12.6. The van der Waals surface area contributed by atoms with Crippen LogP contribution in [0, 0.1) is 0 Å². The number of aliphatic hydroxyl groups is 1. The highest BCUT2D eigenvalue weighted by Gasteiger charge is 2.51. The second-order valence-corrected chi connectivity index (χ2v) is 5.06. The molecule has 0 radical (unpaired) electrons. The number of benzene rings is 2. The van der Waals surface area contributed by atoms with Crippen molar-refractivity contribution in [1.82, 2.24) is 0 Å². The van der Waals surface area contributed by atoms with E-state index in [0.29, 0.717) is 18.4 Å². The van der Waals surface area contributed by atoms with Gasteiger partial charge in [-0.15, -0.1) is 0 Å². The fourth-order valence-electron chi connectivity index (χ4n) is 2.34. The molecule has 2 rings (SSSR count). The number of hydrogen-bond donors (Lipinski definition) is 1. The molecule has 0 unspecified atom stereocenters. The van der Waals surface area contributed by atoms with Crippen molar-refractivity contribution in [3.63, 3.8) is 0 Å². The Kier molecular flexibility index (Phi) is 4.37. The van der Waals surface area contributed by atoms with E-state index in [0.717, 1.165) is 0 Å². The number of rotatable bonds is 5. The maximum absolute atomic E-state index is 14.2. The molecule has 0 fully saturated rings. The van der Waals surface area contributed by atoms with Crippen LogP contribution in [0.4, 0.5) is 8.78 Å². The van der Waals surface area contributed by atoms with Gasteiger partial charge in [0.1, 0.15) is 11.5 Å². The minimum absolute atomic E-state index is 0.0889. The normalized spacial score (nSPS) is 12.1. The van der Waals surface area contributed by atoms with Gasteiger partial charge in [0.15, 0.2) is 5.60 Å². The van der Waals surface area contributed by atoms with Crippen LogP contribution in [0.3, 0.4) is 0 Å². The molecule has 0 aromatic heterocycles. The van der Waals surface area contributed by atoms with E-state index in [2.05, 4.69) is 0 Å². The molecule has 0 aliphatic carbocycles. The number of methoxy groups -OCH3 is 2. The molecule has 0 aliphatic rings. The molecule has 0 saturated carbocycles. The summed E-state index contributed by atoms with van der Waals surface area (Å²) in [5, 5.41) is 10.8. The van der Waals surface area contributed by atoms with Crippen LogP contribution < -0.4 is 9.47 Å². The summed E-state index contributed by atoms with van der Waals surface area (Å²) < 4.78 is 38.4. The molecule has 5 heteroatoms. The minimum Gasteiger partial charge on any atom is -0.497 e. The van der Waals surface area contributed by atoms with Crippen LogP contribution in [0.15, 0.2) is 48.5 Å². The lowest BCUT2D eigenvalue weighted by Gasteiger charge is -2.34. The first-order chi connectivity index (χ1) is 10.3. The SMILES string of the molecule is COc1ccc(C(O)(c2ccc(OC)cc2)C(C)(F)F)cc1.